The molecule has 1 aromatic rings. The van der Waals surface area contributed by atoms with Crippen molar-refractivity contribution in [2.75, 3.05) is 13.1 Å². The minimum Gasteiger partial charge on any atom is -0.338 e. The van der Waals surface area contributed by atoms with E-state index in [9.17, 15) is 4.79 Å². The van der Waals surface area contributed by atoms with Gasteiger partial charge in [-0.15, -0.1) is 11.3 Å². The summed E-state index contributed by atoms with van der Waals surface area (Å²) in [6.07, 6.45) is 3.54. The highest BCUT2D eigenvalue weighted by Crippen LogP contribution is 2.28. The summed E-state index contributed by atoms with van der Waals surface area (Å²) < 4.78 is 0.933. The molecule has 2 rings (SSSR count). The molecule has 100 valence electrons. The van der Waals surface area contributed by atoms with Gasteiger partial charge in [-0.25, -0.2) is 0 Å². The molecule has 1 unspecified atom stereocenters. The van der Waals surface area contributed by atoms with E-state index in [4.69, 9.17) is 0 Å². The summed E-state index contributed by atoms with van der Waals surface area (Å²) in [6, 6.07) is 1.95. The van der Waals surface area contributed by atoms with Gasteiger partial charge in [0.1, 0.15) is 4.88 Å². The van der Waals surface area contributed by atoms with Crippen molar-refractivity contribution in [3.8, 4) is 0 Å². The molecule has 0 spiro atoms. The van der Waals surface area contributed by atoms with Crippen molar-refractivity contribution in [3.63, 3.8) is 0 Å². The lowest BCUT2D eigenvalue weighted by Crippen LogP contribution is -2.31. The van der Waals surface area contributed by atoms with Crippen LogP contribution in [0.3, 0.4) is 0 Å². The summed E-state index contributed by atoms with van der Waals surface area (Å²) in [6.45, 7) is 6.40. The molecule has 0 N–H and O–H groups in total. The van der Waals surface area contributed by atoms with Crippen LogP contribution in [0.4, 0.5) is 0 Å². The Balaban J connectivity index is 2.02. The fraction of sp³-hybridized carbons (Fsp3) is 0.643. The summed E-state index contributed by atoms with van der Waals surface area (Å²) in [5.74, 6) is 1.70. The van der Waals surface area contributed by atoms with Crippen LogP contribution in [0.2, 0.25) is 0 Å². The Labute approximate surface area is 122 Å². The largest absolute Gasteiger partial charge is 0.338 e. The van der Waals surface area contributed by atoms with Gasteiger partial charge in [-0.1, -0.05) is 13.8 Å². The SMILES string of the molecule is CC(C)C1CCCN(C(=O)c2sccc2Br)CC1. The van der Waals surface area contributed by atoms with E-state index in [-0.39, 0.29) is 5.91 Å². The predicted molar refractivity (Wildman–Crippen MR) is 80.1 cm³/mol. The number of thiophene rings is 1. The Morgan fingerprint density at radius 3 is 2.83 bits per heavy atom. The van der Waals surface area contributed by atoms with Gasteiger partial charge in [-0.05, 0) is 58.5 Å². The number of halogens is 1. The number of carbonyl (C=O) groups is 1. The third-order valence-corrected chi connectivity index (χ3v) is 5.64. The number of carbonyl (C=O) groups excluding carboxylic acids is 1. The maximum atomic E-state index is 12.4. The first-order valence-electron chi connectivity index (χ1n) is 6.62. The zero-order chi connectivity index (χ0) is 13.1. The molecular weight excluding hydrogens is 310 g/mol. The lowest BCUT2D eigenvalue weighted by Gasteiger charge is -2.21. The van der Waals surface area contributed by atoms with Crippen LogP contribution in [-0.2, 0) is 0 Å². The van der Waals surface area contributed by atoms with Gasteiger partial charge in [0.05, 0.1) is 0 Å². The molecule has 1 aromatic heterocycles. The van der Waals surface area contributed by atoms with Crippen molar-refractivity contribution < 1.29 is 4.79 Å². The standard InChI is InChI=1S/C14H20BrNOS/c1-10(2)11-4-3-7-16(8-5-11)14(17)13-12(15)6-9-18-13/h6,9-11H,3-5,7-8H2,1-2H3. The van der Waals surface area contributed by atoms with E-state index in [0.29, 0.717) is 0 Å². The number of nitrogens with zero attached hydrogens (tertiary/aromatic N) is 1. The minimum atomic E-state index is 0.196. The van der Waals surface area contributed by atoms with Gasteiger partial charge in [0.25, 0.3) is 5.91 Å². The van der Waals surface area contributed by atoms with Crippen LogP contribution in [0.1, 0.15) is 42.8 Å². The minimum absolute atomic E-state index is 0.196. The van der Waals surface area contributed by atoms with Gasteiger partial charge >= 0.3 is 0 Å². The van der Waals surface area contributed by atoms with Gasteiger partial charge in [0, 0.05) is 17.6 Å². The zero-order valence-corrected chi connectivity index (χ0v) is 13.4. The molecule has 1 atom stereocenters. The van der Waals surface area contributed by atoms with Gasteiger partial charge < -0.3 is 4.90 Å². The lowest BCUT2D eigenvalue weighted by atomic mass is 9.89. The summed E-state index contributed by atoms with van der Waals surface area (Å²) in [5.41, 5.74) is 0. The van der Waals surface area contributed by atoms with E-state index in [1.54, 1.807) is 0 Å². The monoisotopic (exact) mass is 329 g/mol. The van der Waals surface area contributed by atoms with E-state index in [1.807, 2.05) is 16.3 Å². The van der Waals surface area contributed by atoms with Gasteiger partial charge in [-0.3, -0.25) is 4.79 Å². The maximum absolute atomic E-state index is 12.4. The molecule has 0 aromatic carbocycles. The second-order valence-corrected chi connectivity index (χ2v) is 7.10. The Hall–Kier alpha value is -0.350. The molecule has 2 heterocycles. The normalized spacial score (nSPS) is 21.1. The van der Waals surface area contributed by atoms with Crippen molar-refractivity contribution in [1.29, 1.82) is 0 Å². The number of amides is 1. The van der Waals surface area contributed by atoms with Crippen LogP contribution in [-0.4, -0.2) is 23.9 Å². The Kier molecular flexibility index (Phi) is 4.84. The van der Waals surface area contributed by atoms with Gasteiger partial charge in [0.15, 0.2) is 0 Å². The highest BCUT2D eigenvalue weighted by molar-refractivity contribution is 9.10. The lowest BCUT2D eigenvalue weighted by molar-refractivity contribution is 0.0763. The maximum Gasteiger partial charge on any atom is 0.265 e. The average Bonchev–Trinajstić information content (AvgIpc) is 2.63. The Morgan fingerprint density at radius 2 is 2.22 bits per heavy atom. The van der Waals surface area contributed by atoms with E-state index in [2.05, 4.69) is 29.8 Å². The van der Waals surface area contributed by atoms with E-state index in [0.717, 1.165) is 47.1 Å². The average molecular weight is 330 g/mol. The van der Waals surface area contributed by atoms with Crippen LogP contribution in [0.5, 0.6) is 0 Å². The summed E-state index contributed by atoms with van der Waals surface area (Å²) >= 11 is 4.98. The number of hydrogen-bond acceptors (Lipinski definition) is 2. The molecule has 2 nitrogen and oxygen atoms in total. The number of rotatable bonds is 2. The molecule has 4 heteroatoms. The van der Waals surface area contributed by atoms with Gasteiger partial charge in [-0.2, -0.15) is 0 Å². The van der Waals surface area contributed by atoms with Crippen molar-refractivity contribution >= 4 is 33.2 Å². The topological polar surface area (TPSA) is 20.3 Å². The first-order chi connectivity index (χ1) is 8.59. The Morgan fingerprint density at radius 1 is 1.44 bits per heavy atom. The highest BCUT2D eigenvalue weighted by atomic mass is 79.9. The zero-order valence-electron chi connectivity index (χ0n) is 11.0. The van der Waals surface area contributed by atoms with E-state index >= 15 is 0 Å². The fourth-order valence-corrected chi connectivity index (χ4v) is 4.09. The molecule has 1 saturated heterocycles. The third kappa shape index (κ3) is 3.15. The molecule has 0 aliphatic carbocycles. The number of likely N-dealkylation sites (tertiary alicyclic amines) is 1. The molecule has 0 bridgehead atoms. The van der Waals surface area contributed by atoms with Crippen LogP contribution in [0, 0.1) is 11.8 Å². The Bertz CT molecular complexity index is 416. The summed E-state index contributed by atoms with van der Waals surface area (Å²) in [5, 5.41) is 1.96. The first kappa shape index (κ1) is 14.1. The summed E-state index contributed by atoms with van der Waals surface area (Å²) in [7, 11) is 0. The molecule has 18 heavy (non-hydrogen) atoms. The molecular formula is C14H20BrNOS. The second-order valence-electron chi connectivity index (χ2n) is 5.32. The van der Waals surface area contributed by atoms with Crippen molar-refractivity contribution in [2.24, 2.45) is 11.8 Å². The second kappa shape index (κ2) is 6.20. The van der Waals surface area contributed by atoms with Gasteiger partial charge in [0.2, 0.25) is 0 Å². The first-order valence-corrected chi connectivity index (χ1v) is 8.29. The van der Waals surface area contributed by atoms with Crippen LogP contribution in [0.15, 0.2) is 15.9 Å². The smallest absolute Gasteiger partial charge is 0.265 e. The molecule has 1 aliphatic heterocycles. The highest BCUT2D eigenvalue weighted by Gasteiger charge is 2.24. The van der Waals surface area contributed by atoms with Crippen molar-refractivity contribution in [3.05, 3.63) is 20.8 Å². The van der Waals surface area contributed by atoms with Crippen molar-refractivity contribution in [2.45, 2.75) is 33.1 Å². The molecule has 1 fully saturated rings. The van der Waals surface area contributed by atoms with Crippen molar-refractivity contribution in [1.82, 2.24) is 4.90 Å². The summed E-state index contributed by atoms with van der Waals surface area (Å²) in [4.78, 5) is 15.3. The molecule has 0 saturated carbocycles. The number of hydrogen-bond donors (Lipinski definition) is 0. The predicted octanol–water partition coefficient (Wildman–Crippen LogP) is 4.41. The van der Waals surface area contributed by atoms with E-state index in [1.165, 1.54) is 17.8 Å². The molecule has 0 radical (unpaired) electrons. The third-order valence-electron chi connectivity index (χ3n) is 3.81. The van der Waals surface area contributed by atoms with Crippen LogP contribution < -0.4 is 0 Å². The molecule has 1 amide bonds. The van der Waals surface area contributed by atoms with E-state index < -0.39 is 0 Å². The van der Waals surface area contributed by atoms with Crippen LogP contribution in [0.25, 0.3) is 0 Å². The van der Waals surface area contributed by atoms with Crippen LogP contribution >= 0.6 is 27.3 Å². The fourth-order valence-electron chi connectivity index (χ4n) is 2.58. The molecule has 1 aliphatic rings. The quantitative estimate of drug-likeness (QED) is 0.787.